The van der Waals surface area contributed by atoms with Crippen LogP contribution in [-0.2, 0) is 25.5 Å². The van der Waals surface area contributed by atoms with Crippen molar-refractivity contribution >= 4 is 18.0 Å². The topological polar surface area (TPSA) is 72.9 Å². The summed E-state index contributed by atoms with van der Waals surface area (Å²) in [5.41, 5.74) is -0.137. The molecule has 1 heterocycles. The molecule has 0 saturated carbocycles. The van der Waals surface area contributed by atoms with Crippen molar-refractivity contribution in [3.63, 3.8) is 0 Å². The second-order valence-electron chi connectivity index (χ2n) is 9.34. The van der Waals surface area contributed by atoms with Crippen molar-refractivity contribution in [2.45, 2.75) is 66.0 Å². The van der Waals surface area contributed by atoms with Crippen LogP contribution in [0.15, 0.2) is 30.3 Å². The van der Waals surface area contributed by atoms with E-state index in [1.807, 2.05) is 51.1 Å². The number of imide groups is 1. The summed E-state index contributed by atoms with van der Waals surface area (Å²) in [4.78, 5) is 39.2. The first-order valence-electron chi connectivity index (χ1n) is 9.64. The van der Waals surface area contributed by atoms with Crippen LogP contribution in [0.5, 0.6) is 0 Å². The molecule has 28 heavy (non-hydrogen) atoms. The summed E-state index contributed by atoms with van der Waals surface area (Å²) in [6.07, 6.45) is -0.215. The molecule has 154 valence electrons. The van der Waals surface area contributed by atoms with E-state index in [1.165, 1.54) is 4.90 Å². The smallest absolute Gasteiger partial charge is 0.416 e. The molecule has 1 aromatic rings. The molecule has 2 amide bonds. The highest BCUT2D eigenvalue weighted by Crippen LogP contribution is 2.33. The van der Waals surface area contributed by atoms with Gasteiger partial charge in [0, 0.05) is 0 Å². The Labute approximate surface area is 167 Å². The average molecular weight is 389 g/mol. The van der Waals surface area contributed by atoms with Crippen molar-refractivity contribution in [1.29, 1.82) is 0 Å². The molecule has 0 aromatic heterocycles. The highest BCUT2D eigenvalue weighted by atomic mass is 16.6. The molecule has 0 N–H and O–H groups in total. The minimum atomic E-state index is -0.689. The van der Waals surface area contributed by atoms with Gasteiger partial charge in [-0.25, -0.2) is 9.69 Å². The third-order valence-corrected chi connectivity index (χ3v) is 4.65. The number of ether oxygens (including phenoxy) is 2. The average Bonchev–Trinajstić information content (AvgIpc) is 2.91. The first kappa shape index (κ1) is 21.9. The molecule has 0 radical (unpaired) electrons. The van der Waals surface area contributed by atoms with E-state index in [-0.39, 0.29) is 25.0 Å². The zero-order chi connectivity index (χ0) is 21.1. The van der Waals surface area contributed by atoms with Gasteiger partial charge in [0.15, 0.2) is 0 Å². The van der Waals surface area contributed by atoms with E-state index in [4.69, 9.17) is 9.47 Å². The molecule has 0 bridgehead atoms. The van der Waals surface area contributed by atoms with E-state index in [9.17, 15) is 14.4 Å². The maximum atomic E-state index is 13.3. The Kier molecular flexibility index (Phi) is 6.52. The van der Waals surface area contributed by atoms with Gasteiger partial charge in [-0.15, -0.1) is 0 Å². The highest BCUT2D eigenvalue weighted by Gasteiger charge is 2.45. The molecule has 0 aliphatic carbocycles. The van der Waals surface area contributed by atoms with E-state index >= 15 is 0 Å². The summed E-state index contributed by atoms with van der Waals surface area (Å²) in [6, 6.07) is 9.27. The Hall–Kier alpha value is -2.37. The number of hydrogen-bond donors (Lipinski definition) is 0. The van der Waals surface area contributed by atoms with Gasteiger partial charge in [-0.3, -0.25) is 9.59 Å². The molecule has 2 rings (SSSR count). The van der Waals surface area contributed by atoms with Crippen molar-refractivity contribution in [1.82, 2.24) is 4.90 Å². The van der Waals surface area contributed by atoms with Crippen molar-refractivity contribution < 1.29 is 23.9 Å². The fraction of sp³-hybridized carbons (Fsp3) is 0.591. The fourth-order valence-electron chi connectivity index (χ4n) is 3.25. The molecule has 6 nitrogen and oxygen atoms in total. The Bertz CT molecular complexity index is 715. The van der Waals surface area contributed by atoms with Gasteiger partial charge >= 0.3 is 12.1 Å². The number of carbonyl (C=O) groups is 3. The molecule has 0 spiro atoms. The molecule has 6 heteroatoms. The lowest BCUT2D eigenvalue weighted by Gasteiger charge is -2.33. The van der Waals surface area contributed by atoms with Gasteiger partial charge in [-0.2, -0.15) is 0 Å². The fourth-order valence-corrected chi connectivity index (χ4v) is 3.25. The summed E-state index contributed by atoms with van der Waals surface area (Å²) in [5.74, 6) is -1.53. The van der Waals surface area contributed by atoms with Crippen LogP contribution in [-0.4, -0.2) is 41.1 Å². The van der Waals surface area contributed by atoms with E-state index < -0.39 is 29.0 Å². The largest absolute Gasteiger partial charge is 0.460 e. The zero-order valence-electron chi connectivity index (χ0n) is 17.7. The number of cyclic esters (lactones) is 1. The molecular weight excluding hydrogens is 358 g/mol. The molecule has 1 saturated heterocycles. The van der Waals surface area contributed by atoms with Crippen LogP contribution in [0.25, 0.3) is 0 Å². The number of benzene rings is 1. The Morgan fingerprint density at radius 3 is 2.29 bits per heavy atom. The standard InChI is InChI=1S/C22H31NO5/c1-21(2,3)17(13-18(24)28-22(4,5)6)19(25)23-16(14-27-20(23)26)12-15-10-8-7-9-11-15/h7-11,16-17H,12-14H2,1-6H3/t16-,17+/m0/s1. The monoisotopic (exact) mass is 389 g/mol. The van der Waals surface area contributed by atoms with Crippen LogP contribution in [0.3, 0.4) is 0 Å². The zero-order valence-corrected chi connectivity index (χ0v) is 17.7. The lowest BCUT2D eigenvalue weighted by molar-refractivity contribution is -0.160. The number of nitrogens with zero attached hydrogens (tertiary/aromatic N) is 1. The van der Waals surface area contributed by atoms with Crippen molar-refractivity contribution in [3.05, 3.63) is 35.9 Å². The molecule has 1 aliphatic rings. The van der Waals surface area contributed by atoms with E-state index in [2.05, 4.69) is 0 Å². The SMILES string of the molecule is CC(C)(C)OC(=O)C[C@H](C(=O)N1C(=O)OC[C@@H]1Cc1ccccc1)C(C)(C)C. The van der Waals surface area contributed by atoms with Crippen LogP contribution < -0.4 is 0 Å². The molecule has 2 atom stereocenters. The summed E-state index contributed by atoms with van der Waals surface area (Å²) in [6.45, 7) is 11.2. The number of rotatable bonds is 5. The van der Waals surface area contributed by atoms with Gasteiger partial charge in [-0.05, 0) is 38.2 Å². The van der Waals surface area contributed by atoms with Gasteiger partial charge in [0.2, 0.25) is 5.91 Å². The Balaban J connectivity index is 2.21. The number of carbonyl (C=O) groups excluding carboxylic acids is 3. The van der Waals surface area contributed by atoms with E-state index in [0.717, 1.165) is 5.56 Å². The second-order valence-corrected chi connectivity index (χ2v) is 9.34. The predicted octanol–water partition coefficient (Wildman–Crippen LogP) is 3.97. The van der Waals surface area contributed by atoms with Crippen molar-refractivity contribution in [2.24, 2.45) is 11.3 Å². The Morgan fingerprint density at radius 2 is 1.75 bits per heavy atom. The van der Waals surface area contributed by atoms with Crippen LogP contribution in [0.2, 0.25) is 0 Å². The Morgan fingerprint density at radius 1 is 1.14 bits per heavy atom. The minimum Gasteiger partial charge on any atom is -0.460 e. The van der Waals surface area contributed by atoms with Crippen LogP contribution >= 0.6 is 0 Å². The molecule has 0 unspecified atom stereocenters. The number of hydrogen-bond acceptors (Lipinski definition) is 5. The van der Waals surface area contributed by atoms with Crippen LogP contribution in [0.4, 0.5) is 4.79 Å². The van der Waals surface area contributed by atoms with Gasteiger partial charge in [0.25, 0.3) is 0 Å². The first-order valence-corrected chi connectivity index (χ1v) is 9.64. The van der Waals surface area contributed by atoms with Crippen LogP contribution in [0.1, 0.15) is 53.5 Å². The molecule has 1 fully saturated rings. The third-order valence-electron chi connectivity index (χ3n) is 4.65. The summed E-state index contributed by atoms with van der Waals surface area (Å²) >= 11 is 0. The normalized spacial score (nSPS) is 18.6. The summed E-state index contributed by atoms with van der Waals surface area (Å²) in [7, 11) is 0. The maximum absolute atomic E-state index is 13.3. The molecule has 1 aliphatic heterocycles. The number of amides is 2. The van der Waals surface area contributed by atoms with Gasteiger partial charge in [0.1, 0.15) is 12.2 Å². The van der Waals surface area contributed by atoms with Crippen LogP contribution in [0, 0.1) is 11.3 Å². The van der Waals surface area contributed by atoms with E-state index in [0.29, 0.717) is 6.42 Å². The van der Waals surface area contributed by atoms with E-state index in [1.54, 1.807) is 20.8 Å². The van der Waals surface area contributed by atoms with Crippen molar-refractivity contribution in [3.8, 4) is 0 Å². The van der Waals surface area contributed by atoms with Gasteiger partial charge in [-0.1, -0.05) is 51.1 Å². The summed E-state index contributed by atoms with van der Waals surface area (Å²) < 4.78 is 10.6. The maximum Gasteiger partial charge on any atom is 0.416 e. The van der Waals surface area contributed by atoms with Gasteiger partial charge < -0.3 is 9.47 Å². The third kappa shape index (κ3) is 5.81. The second kappa shape index (κ2) is 8.33. The molecular formula is C22H31NO5. The first-order chi connectivity index (χ1) is 12.9. The van der Waals surface area contributed by atoms with Gasteiger partial charge in [0.05, 0.1) is 18.4 Å². The summed E-state index contributed by atoms with van der Waals surface area (Å²) in [5, 5.41) is 0. The van der Waals surface area contributed by atoms with Crippen molar-refractivity contribution in [2.75, 3.05) is 6.61 Å². The quantitative estimate of drug-likeness (QED) is 0.713. The predicted molar refractivity (Wildman–Crippen MR) is 106 cm³/mol. The molecule has 1 aromatic carbocycles. The lowest BCUT2D eigenvalue weighted by Crippen LogP contribution is -2.47. The lowest BCUT2D eigenvalue weighted by atomic mass is 9.77. The number of esters is 1. The highest BCUT2D eigenvalue weighted by molar-refractivity contribution is 5.96. The minimum absolute atomic E-state index is 0.0819.